The van der Waals surface area contributed by atoms with Gasteiger partial charge in [0, 0.05) is 21.5 Å². The smallest absolute Gasteiger partial charge is 0.295 e. The Morgan fingerprint density at radius 2 is 0.850 bits per heavy atom. The van der Waals surface area contributed by atoms with Gasteiger partial charge in [0.15, 0.2) is 11.5 Å². The Morgan fingerprint density at radius 1 is 0.500 bits per heavy atom. The molecule has 15 nitrogen and oxygen atoms in total. The quantitative estimate of drug-likeness (QED) is 0.202. The first kappa shape index (κ1) is 28.3. The Bertz CT molecular complexity index is 2230. The summed E-state index contributed by atoms with van der Waals surface area (Å²) < 4.78 is 167. The molecule has 1 heterocycles. The molecule has 0 saturated carbocycles. The standard InChI is InChI=1S/C20H12O15S5/c21-36(22)17-7-15(39(29,30)31)11-3-1-9(37(23,24)25)5-13(11)19(17)35-20-14-6-10(38(26,27)28)2-4-12(14)16(8-18(20)36)40(32,33)34/h1-8H,(H,23,24,25)(H,26,27,28)(H,29,30,31)(H,32,33,34). The Morgan fingerprint density at radius 3 is 1.15 bits per heavy atom. The number of fused-ring (bicyclic) bond motifs is 6. The van der Waals surface area contributed by atoms with Gasteiger partial charge in [-0.05, 0) is 36.4 Å². The van der Waals surface area contributed by atoms with Crippen molar-refractivity contribution in [3.63, 3.8) is 0 Å². The molecule has 0 fully saturated rings. The normalized spacial score (nSPS) is 15.4. The molecule has 20 heteroatoms. The van der Waals surface area contributed by atoms with Gasteiger partial charge in [-0.1, -0.05) is 12.1 Å². The Hall–Kier alpha value is -3.21. The lowest BCUT2D eigenvalue weighted by molar-refractivity contribution is 0.451. The van der Waals surface area contributed by atoms with E-state index in [9.17, 15) is 60.3 Å². The van der Waals surface area contributed by atoms with E-state index in [0.717, 1.165) is 24.3 Å². The molecule has 0 atom stereocenters. The molecule has 1 aliphatic heterocycles. The predicted molar refractivity (Wildman–Crippen MR) is 133 cm³/mol. The van der Waals surface area contributed by atoms with Gasteiger partial charge in [0.1, 0.15) is 19.6 Å². The van der Waals surface area contributed by atoms with Gasteiger partial charge in [-0.2, -0.15) is 33.7 Å². The van der Waals surface area contributed by atoms with Crippen LogP contribution < -0.4 is 4.74 Å². The van der Waals surface area contributed by atoms with Crippen LogP contribution in [0.3, 0.4) is 0 Å². The molecule has 4 aromatic carbocycles. The van der Waals surface area contributed by atoms with Crippen LogP contribution in [0.1, 0.15) is 0 Å². The summed E-state index contributed by atoms with van der Waals surface area (Å²) in [5.41, 5.74) is 0. The van der Waals surface area contributed by atoms with E-state index in [1.165, 1.54) is 0 Å². The fourth-order valence-corrected chi connectivity index (χ4v) is 8.40. The first-order valence-corrected chi connectivity index (χ1v) is 17.4. The van der Waals surface area contributed by atoms with Crippen molar-refractivity contribution in [1.82, 2.24) is 0 Å². The van der Waals surface area contributed by atoms with E-state index in [4.69, 9.17) is 4.74 Å². The first-order valence-electron chi connectivity index (χ1n) is 10.2. The summed E-state index contributed by atoms with van der Waals surface area (Å²) in [7, 11) is -25.3. The molecule has 5 rings (SSSR count). The monoisotopic (exact) mass is 652 g/mol. The third-order valence-corrected chi connectivity index (χ3v) is 11.2. The summed E-state index contributed by atoms with van der Waals surface area (Å²) >= 11 is 0. The van der Waals surface area contributed by atoms with Crippen LogP contribution in [0.4, 0.5) is 0 Å². The highest BCUT2D eigenvalue weighted by Crippen LogP contribution is 2.51. The van der Waals surface area contributed by atoms with Gasteiger partial charge in [-0.25, -0.2) is 8.42 Å². The van der Waals surface area contributed by atoms with Crippen molar-refractivity contribution in [2.75, 3.05) is 0 Å². The fraction of sp³-hybridized carbons (Fsp3) is 0. The van der Waals surface area contributed by atoms with Crippen molar-refractivity contribution in [2.24, 2.45) is 0 Å². The van der Waals surface area contributed by atoms with Crippen molar-refractivity contribution in [2.45, 2.75) is 29.4 Å². The molecule has 0 bridgehead atoms. The van der Waals surface area contributed by atoms with Gasteiger partial charge in [0.05, 0.1) is 9.79 Å². The lowest BCUT2D eigenvalue weighted by Crippen LogP contribution is -2.15. The highest BCUT2D eigenvalue weighted by atomic mass is 32.2. The molecule has 212 valence electrons. The van der Waals surface area contributed by atoms with E-state index in [-0.39, 0.29) is 0 Å². The van der Waals surface area contributed by atoms with Crippen LogP contribution in [0.5, 0.6) is 11.5 Å². The van der Waals surface area contributed by atoms with Crippen molar-refractivity contribution in [3.05, 3.63) is 48.5 Å². The number of ether oxygens (including phenoxy) is 1. The largest absolute Gasteiger partial charge is 0.453 e. The summed E-state index contributed by atoms with van der Waals surface area (Å²) in [5, 5.41) is -2.03. The van der Waals surface area contributed by atoms with Crippen LogP contribution in [0.15, 0.2) is 77.9 Å². The average Bonchev–Trinajstić information content (AvgIpc) is 2.80. The highest BCUT2D eigenvalue weighted by molar-refractivity contribution is 7.92. The lowest BCUT2D eigenvalue weighted by Gasteiger charge is -2.25. The molecule has 0 amide bonds. The van der Waals surface area contributed by atoms with E-state index in [1.54, 1.807) is 0 Å². The number of sulfone groups is 1. The maximum Gasteiger partial charge on any atom is 0.295 e. The molecule has 0 radical (unpaired) electrons. The van der Waals surface area contributed by atoms with Gasteiger partial charge < -0.3 is 4.74 Å². The highest BCUT2D eigenvalue weighted by Gasteiger charge is 2.38. The molecular weight excluding hydrogens is 641 g/mol. The second-order valence-electron chi connectivity index (χ2n) is 8.32. The van der Waals surface area contributed by atoms with Crippen LogP contribution in [-0.4, -0.2) is 60.3 Å². The van der Waals surface area contributed by atoms with Gasteiger partial charge in [0.25, 0.3) is 40.5 Å². The molecule has 1 aliphatic rings. The van der Waals surface area contributed by atoms with Crippen molar-refractivity contribution in [1.29, 1.82) is 0 Å². The predicted octanol–water partition coefficient (Wildman–Crippen LogP) is 1.92. The topological polar surface area (TPSA) is 261 Å². The minimum atomic E-state index is -5.19. The zero-order valence-corrected chi connectivity index (χ0v) is 23.0. The second kappa shape index (κ2) is 8.41. The maximum atomic E-state index is 13.7. The molecule has 0 saturated heterocycles. The zero-order chi connectivity index (χ0) is 29.8. The van der Waals surface area contributed by atoms with Gasteiger partial charge in [-0.3, -0.25) is 18.2 Å². The van der Waals surface area contributed by atoms with Crippen LogP contribution in [-0.2, 0) is 50.3 Å². The van der Waals surface area contributed by atoms with E-state index in [2.05, 4.69) is 0 Å². The van der Waals surface area contributed by atoms with Crippen LogP contribution in [0.2, 0.25) is 0 Å². The first-order chi connectivity index (χ1) is 18.1. The van der Waals surface area contributed by atoms with E-state index in [1.807, 2.05) is 0 Å². The van der Waals surface area contributed by atoms with Crippen LogP contribution >= 0.6 is 0 Å². The Kier molecular flexibility index (Phi) is 5.95. The number of hydrogen-bond acceptors (Lipinski definition) is 11. The second-order valence-corrected chi connectivity index (χ2v) is 15.8. The van der Waals surface area contributed by atoms with E-state index < -0.39 is 113 Å². The molecular formula is C20H12O15S5. The molecule has 0 unspecified atom stereocenters. The summed E-state index contributed by atoms with van der Waals surface area (Å²) in [6.45, 7) is 0. The number of hydrogen-bond donors (Lipinski definition) is 4. The van der Waals surface area contributed by atoms with Gasteiger partial charge in [-0.15, -0.1) is 0 Å². The third kappa shape index (κ3) is 4.42. The molecule has 4 aromatic rings. The molecule has 0 spiro atoms. The van der Waals surface area contributed by atoms with Crippen molar-refractivity contribution < 1.29 is 65.0 Å². The minimum Gasteiger partial charge on any atom is -0.453 e. The SMILES string of the molecule is O=S(=O)(O)c1ccc2c(S(=O)(=O)O)cc3c(c2c1)Oc1c(cc(S(=O)(=O)O)c2ccc(S(=O)(=O)O)cc12)S3(=O)=O. The minimum absolute atomic E-state index is 0.454. The van der Waals surface area contributed by atoms with Gasteiger partial charge >= 0.3 is 0 Å². The van der Waals surface area contributed by atoms with Gasteiger partial charge in [0.2, 0.25) is 9.84 Å². The molecule has 4 N–H and O–H groups in total. The number of benzene rings is 4. The average molecular weight is 653 g/mol. The maximum absolute atomic E-state index is 13.7. The lowest BCUT2D eigenvalue weighted by atomic mass is 10.1. The summed E-state index contributed by atoms with van der Waals surface area (Å²) in [6.07, 6.45) is 0. The zero-order valence-electron chi connectivity index (χ0n) is 18.9. The van der Waals surface area contributed by atoms with Crippen LogP contribution in [0, 0.1) is 0 Å². The Balaban J connectivity index is 2.02. The Labute approximate surface area is 225 Å². The van der Waals surface area contributed by atoms with Crippen LogP contribution in [0.25, 0.3) is 21.5 Å². The third-order valence-electron chi connectivity index (χ3n) is 5.91. The van der Waals surface area contributed by atoms with E-state index in [0.29, 0.717) is 24.3 Å². The van der Waals surface area contributed by atoms with Crippen molar-refractivity contribution >= 4 is 71.9 Å². The summed E-state index contributed by atoms with van der Waals surface area (Å²) in [6, 6.07) is 5.42. The number of rotatable bonds is 4. The summed E-state index contributed by atoms with van der Waals surface area (Å²) in [5.74, 6) is -1.47. The molecule has 40 heavy (non-hydrogen) atoms. The van der Waals surface area contributed by atoms with Crippen molar-refractivity contribution in [3.8, 4) is 11.5 Å². The molecule has 0 aromatic heterocycles. The van der Waals surface area contributed by atoms with E-state index >= 15 is 0 Å². The fourth-order valence-electron chi connectivity index (χ4n) is 4.22. The molecule has 0 aliphatic carbocycles. The summed E-state index contributed by atoms with van der Waals surface area (Å²) in [4.78, 5) is -5.71.